The number of aryl methyl sites for hydroxylation is 1. The number of methoxy groups -OCH3 is 1. The molecule has 4 nitrogen and oxygen atoms in total. The third-order valence-electron chi connectivity index (χ3n) is 4.74. The second-order valence-electron chi connectivity index (χ2n) is 6.28. The van der Waals surface area contributed by atoms with Crippen molar-refractivity contribution in [2.24, 2.45) is 11.8 Å². The monoisotopic (exact) mass is 330 g/mol. The van der Waals surface area contributed by atoms with Gasteiger partial charge in [-0.15, -0.1) is 5.92 Å². The van der Waals surface area contributed by atoms with E-state index in [1.54, 1.807) is 7.11 Å². The predicted octanol–water partition coefficient (Wildman–Crippen LogP) is 1.76. The van der Waals surface area contributed by atoms with E-state index in [9.17, 15) is 15.0 Å². The van der Waals surface area contributed by atoms with Gasteiger partial charge in [0.2, 0.25) is 0 Å². The summed E-state index contributed by atoms with van der Waals surface area (Å²) in [5.41, 5.74) is 2.30. The predicted molar refractivity (Wildman–Crippen MR) is 92.4 cm³/mol. The standard InChI is InChI=1S/C20H26O4/c1-24-13-5-4-8-17-18(20(23)14-19(17)22)10-9-15-6-2-3-7-16(15)11-12-21/h2-3,6-7,17-19,21-22H,8-14H2,1H3/t17-,18-,19?/m1/s1. The number of carbonyl (C=O) groups excluding carboxylic acids is 1. The summed E-state index contributed by atoms with van der Waals surface area (Å²) in [6.45, 7) is 0.492. The summed E-state index contributed by atoms with van der Waals surface area (Å²) in [7, 11) is 1.59. The maximum absolute atomic E-state index is 12.2. The van der Waals surface area contributed by atoms with E-state index >= 15 is 0 Å². The molecule has 2 rings (SSSR count). The number of carbonyl (C=O) groups is 1. The zero-order chi connectivity index (χ0) is 17.4. The van der Waals surface area contributed by atoms with Crippen LogP contribution >= 0.6 is 0 Å². The Bertz CT molecular complexity index is 599. The Morgan fingerprint density at radius 3 is 2.58 bits per heavy atom. The molecule has 1 saturated carbocycles. The first-order chi connectivity index (χ1) is 11.7. The molecule has 0 spiro atoms. The van der Waals surface area contributed by atoms with Crippen LogP contribution in [0.1, 0.15) is 30.4 Å². The van der Waals surface area contributed by atoms with E-state index in [1.165, 1.54) is 5.56 Å². The third kappa shape index (κ3) is 4.91. The molecule has 0 bridgehead atoms. The molecule has 0 aliphatic heterocycles. The van der Waals surface area contributed by atoms with Gasteiger partial charge in [-0.2, -0.15) is 0 Å². The van der Waals surface area contributed by atoms with Crippen LogP contribution in [0.4, 0.5) is 0 Å². The van der Waals surface area contributed by atoms with Crippen LogP contribution in [-0.2, 0) is 22.4 Å². The van der Waals surface area contributed by atoms with E-state index in [1.807, 2.05) is 24.3 Å². The molecule has 1 fully saturated rings. The van der Waals surface area contributed by atoms with Crippen LogP contribution in [0, 0.1) is 23.7 Å². The molecule has 0 heterocycles. The van der Waals surface area contributed by atoms with Gasteiger partial charge in [-0.3, -0.25) is 4.79 Å². The van der Waals surface area contributed by atoms with Crippen LogP contribution in [-0.4, -0.2) is 42.4 Å². The number of ether oxygens (including phenoxy) is 1. The van der Waals surface area contributed by atoms with Crippen molar-refractivity contribution in [3.8, 4) is 11.8 Å². The van der Waals surface area contributed by atoms with Crippen LogP contribution in [0.2, 0.25) is 0 Å². The van der Waals surface area contributed by atoms with Crippen molar-refractivity contribution in [3.63, 3.8) is 0 Å². The number of hydrogen-bond donors (Lipinski definition) is 2. The van der Waals surface area contributed by atoms with E-state index in [-0.39, 0.29) is 30.6 Å². The lowest BCUT2D eigenvalue weighted by molar-refractivity contribution is -0.121. The third-order valence-corrected chi connectivity index (χ3v) is 4.74. The molecule has 0 amide bonds. The van der Waals surface area contributed by atoms with Crippen molar-refractivity contribution < 1.29 is 19.7 Å². The molecule has 1 unspecified atom stereocenters. The first kappa shape index (κ1) is 18.7. The minimum Gasteiger partial charge on any atom is -0.396 e. The molecule has 0 saturated heterocycles. The van der Waals surface area contributed by atoms with E-state index in [4.69, 9.17) is 4.74 Å². The van der Waals surface area contributed by atoms with E-state index < -0.39 is 6.10 Å². The van der Waals surface area contributed by atoms with Crippen molar-refractivity contribution in [1.29, 1.82) is 0 Å². The maximum atomic E-state index is 12.2. The molecule has 1 aromatic carbocycles. The molecule has 4 heteroatoms. The van der Waals surface area contributed by atoms with Gasteiger partial charge in [-0.1, -0.05) is 30.2 Å². The second kappa shape index (κ2) is 9.58. The smallest absolute Gasteiger partial charge is 0.138 e. The summed E-state index contributed by atoms with van der Waals surface area (Å²) in [6, 6.07) is 8.02. The molecule has 2 N–H and O–H groups in total. The van der Waals surface area contributed by atoms with Gasteiger partial charge in [0.15, 0.2) is 0 Å². The lowest BCUT2D eigenvalue weighted by atomic mass is 9.86. The van der Waals surface area contributed by atoms with E-state index in [0.29, 0.717) is 19.4 Å². The van der Waals surface area contributed by atoms with Crippen LogP contribution in [0.5, 0.6) is 0 Å². The fourth-order valence-electron chi connectivity index (χ4n) is 3.46. The lowest BCUT2D eigenvalue weighted by Crippen LogP contribution is -2.21. The Balaban J connectivity index is 2.01. The van der Waals surface area contributed by atoms with Crippen molar-refractivity contribution in [1.82, 2.24) is 0 Å². The molecular weight excluding hydrogens is 304 g/mol. The molecule has 130 valence electrons. The van der Waals surface area contributed by atoms with Gasteiger partial charge in [-0.25, -0.2) is 0 Å². The molecule has 3 atom stereocenters. The highest BCUT2D eigenvalue weighted by molar-refractivity contribution is 5.84. The van der Waals surface area contributed by atoms with Gasteiger partial charge in [0.25, 0.3) is 0 Å². The van der Waals surface area contributed by atoms with Crippen molar-refractivity contribution in [3.05, 3.63) is 35.4 Å². The Kier molecular flexibility index (Phi) is 7.45. The Morgan fingerprint density at radius 2 is 1.92 bits per heavy atom. The van der Waals surface area contributed by atoms with Gasteiger partial charge in [-0.05, 0) is 30.4 Å². The second-order valence-corrected chi connectivity index (χ2v) is 6.28. The fourth-order valence-corrected chi connectivity index (χ4v) is 3.46. The number of Topliss-reactive ketones (excluding diaryl/α,β-unsaturated/α-hetero) is 1. The largest absolute Gasteiger partial charge is 0.396 e. The van der Waals surface area contributed by atoms with Crippen LogP contribution in [0.25, 0.3) is 0 Å². The average molecular weight is 330 g/mol. The molecular formula is C20H26O4. The SMILES string of the molecule is COCC#CC[C@H]1C(O)CC(=O)[C@@H]1CCc1ccccc1CCO. The first-order valence-electron chi connectivity index (χ1n) is 8.50. The highest BCUT2D eigenvalue weighted by Crippen LogP contribution is 2.35. The number of aliphatic hydroxyl groups is 2. The molecule has 24 heavy (non-hydrogen) atoms. The van der Waals surface area contributed by atoms with E-state index in [0.717, 1.165) is 18.4 Å². The summed E-state index contributed by atoms with van der Waals surface area (Å²) in [5, 5.41) is 19.3. The highest BCUT2D eigenvalue weighted by Gasteiger charge is 2.40. The number of aliphatic hydroxyl groups excluding tert-OH is 2. The summed E-state index contributed by atoms with van der Waals surface area (Å²) < 4.78 is 4.90. The number of ketones is 1. The van der Waals surface area contributed by atoms with Crippen molar-refractivity contribution in [2.45, 2.75) is 38.2 Å². The molecule has 0 radical (unpaired) electrons. The van der Waals surface area contributed by atoms with Crippen molar-refractivity contribution in [2.75, 3.05) is 20.3 Å². The Labute approximate surface area is 143 Å². The number of benzene rings is 1. The highest BCUT2D eigenvalue weighted by atomic mass is 16.5. The van der Waals surface area contributed by atoms with Crippen LogP contribution in [0.15, 0.2) is 24.3 Å². The van der Waals surface area contributed by atoms with E-state index in [2.05, 4.69) is 11.8 Å². The summed E-state index contributed by atoms with van der Waals surface area (Å²) >= 11 is 0. The zero-order valence-corrected chi connectivity index (χ0v) is 14.2. The minimum absolute atomic E-state index is 0.0909. The average Bonchev–Trinajstić information content (AvgIpc) is 2.84. The van der Waals surface area contributed by atoms with Gasteiger partial charge in [0.1, 0.15) is 12.4 Å². The van der Waals surface area contributed by atoms with Crippen LogP contribution < -0.4 is 0 Å². The normalized spacial score (nSPS) is 23.1. The molecule has 0 aromatic heterocycles. The first-order valence-corrected chi connectivity index (χ1v) is 8.50. The molecule has 1 aliphatic carbocycles. The maximum Gasteiger partial charge on any atom is 0.138 e. The van der Waals surface area contributed by atoms with Crippen LogP contribution in [0.3, 0.4) is 0 Å². The van der Waals surface area contributed by atoms with Gasteiger partial charge in [0.05, 0.1) is 6.10 Å². The molecule has 1 aliphatic rings. The van der Waals surface area contributed by atoms with Gasteiger partial charge < -0.3 is 14.9 Å². The summed E-state index contributed by atoms with van der Waals surface area (Å²) in [5.74, 6) is 5.82. The minimum atomic E-state index is -0.591. The Hall–Kier alpha value is -1.67. The number of hydrogen-bond acceptors (Lipinski definition) is 4. The van der Waals surface area contributed by atoms with Gasteiger partial charge in [0, 0.05) is 38.4 Å². The number of rotatable bonds is 7. The topological polar surface area (TPSA) is 66.8 Å². The summed E-state index contributed by atoms with van der Waals surface area (Å²) in [6.07, 6.45) is 2.30. The summed E-state index contributed by atoms with van der Waals surface area (Å²) in [4.78, 5) is 12.2. The zero-order valence-electron chi connectivity index (χ0n) is 14.2. The quantitative estimate of drug-likeness (QED) is 0.748. The van der Waals surface area contributed by atoms with Gasteiger partial charge >= 0.3 is 0 Å². The lowest BCUT2D eigenvalue weighted by Gasteiger charge is -2.19. The fraction of sp³-hybridized carbons (Fsp3) is 0.550. The molecule has 1 aromatic rings. The Morgan fingerprint density at radius 1 is 1.21 bits per heavy atom. The van der Waals surface area contributed by atoms with Crippen molar-refractivity contribution >= 4 is 5.78 Å².